The molecule has 2 amide bonds. The monoisotopic (exact) mass is 269 g/mol. The van der Waals surface area contributed by atoms with Crippen molar-refractivity contribution in [2.24, 2.45) is 0 Å². The number of aromatic nitrogens is 1. The minimum atomic E-state index is -0.399. The maximum absolute atomic E-state index is 11.8. The summed E-state index contributed by atoms with van der Waals surface area (Å²) in [6, 6.07) is 11.7. The molecule has 2 aromatic rings. The molecule has 0 saturated carbocycles. The van der Waals surface area contributed by atoms with Crippen molar-refractivity contribution >= 4 is 23.3 Å². The summed E-state index contributed by atoms with van der Waals surface area (Å²) in [5.74, 6) is 0.430. The van der Waals surface area contributed by atoms with Gasteiger partial charge >= 0.3 is 6.03 Å². The first-order chi connectivity index (χ1) is 9.54. The average molecular weight is 269 g/mol. The molecule has 1 aromatic heterocycles. The Labute approximate surface area is 117 Å². The predicted molar refractivity (Wildman–Crippen MR) is 78.1 cm³/mol. The fraction of sp³-hybridized carbons (Fsp3) is 0.133. The van der Waals surface area contributed by atoms with Gasteiger partial charge < -0.3 is 5.32 Å². The lowest BCUT2D eigenvalue weighted by Crippen LogP contribution is -2.20. The van der Waals surface area contributed by atoms with Gasteiger partial charge in [0.2, 0.25) is 0 Å². The zero-order valence-corrected chi connectivity index (χ0v) is 11.3. The number of rotatable bonds is 3. The molecular formula is C15H15N3O2. The van der Waals surface area contributed by atoms with Gasteiger partial charge in [-0.3, -0.25) is 10.1 Å². The molecule has 0 aliphatic rings. The third-order valence-corrected chi connectivity index (χ3v) is 2.66. The third kappa shape index (κ3) is 3.65. The molecule has 0 radical (unpaired) electrons. The van der Waals surface area contributed by atoms with Gasteiger partial charge in [0.25, 0.3) is 0 Å². The highest BCUT2D eigenvalue weighted by Crippen LogP contribution is 2.12. The number of pyridine rings is 1. The second-order valence-corrected chi connectivity index (χ2v) is 4.38. The molecule has 0 bridgehead atoms. The molecule has 0 unspecified atom stereocenters. The van der Waals surface area contributed by atoms with Gasteiger partial charge in [-0.05, 0) is 38.1 Å². The van der Waals surface area contributed by atoms with Crippen LogP contribution in [0, 0.1) is 6.92 Å². The van der Waals surface area contributed by atoms with Gasteiger partial charge in [-0.2, -0.15) is 0 Å². The van der Waals surface area contributed by atoms with Gasteiger partial charge in [-0.15, -0.1) is 0 Å². The van der Waals surface area contributed by atoms with E-state index in [1.165, 1.54) is 6.92 Å². The van der Waals surface area contributed by atoms with Crippen molar-refractivity contribution in [1.82, 2.24) is 4.98 Å². The Morgan fingerprint density at radius 3 is 2.50 bits per heavy atom. The van der Waals surface area contributed by atoms with Crippen molar-refractivity contribution in [1.29, 1.82) is 0 Å². The molecule has 5 heteroatoms. The highest BCUT2D eigenvalue weighted by Gasteiger charge is 2.05. The molecule has 102 valence electrons. The van der Waals surface area contributed by atoms with Crippen LogP contribution in [-0.2, 0) is 0 Å². The number of hydrogen-bond donors (Lipinski definition) is 2. The fourth-order valence-electron chi connectivity index (χ4n) is 1.71. The summed E-state index contributed by atoms with van der Waals surface area (Å²) in [5.41, 5.74) is 1.93. The Bertz CT molecular complexity index is 653. The number of nitrogens with one attached hydrogen (secondary N) is 2. The summed E-state index contributed by atoms with van der Waals surface area (Å²) in [7, 11) is 0. The van der Waals surface area contributed by atoms with Crippen LogP contribution >= 0.6 is 0 Å². The summed E-state index contributed by atoms with van der Waals surface area (Å²) in [6.45, 7) is 3.33. The van der Waals surface area contributed by atoms with E-state index in [1.54, 1.807) is 30.3 Å². The molecule has 2 N–H and O–H groups in total. The van der Waals surface area contributed by atoms with Gasteiger partial charge in [-0.25, -0.2) is 9.78 Å². The Morgan fingerprint density at radius 1 is 1.05 bits per heavy atom. The van der Waals surface area contributed by atoms with Crippen LogP contribution in [0.5, 0.6) is 0 Å². The number of ketones is 1. The molecule has 0 spiro atoms. The molecule has 1 aromatic carbocycles. The van der Waals surface area contributed by atoms with Crippen molar-refractivity contribution in [3.05, 3.63) is 53.7 Å². The Kier molecular flexibility index (Phi) is 4.10. The van der Waals surface area contributed by atoms with E-state index < -0.39 is 6.03 Å². The molecule has 5 nitrogen and oxygen atoms in total. The topological polar surface area (TPSA) is 71.1 Å². The van der Waals surface area contributed by atoms with Crippen LogP contribution in [0.2, 0.25) is 0 Å². The maximum Gasteiger partial charge on any atom is 0.324 e. The molecule has 1 heterocycles. The third-order valence-electron chi connectivity index (χ3n) is 2.66. The van der Waals surface area contributed by atoms with Gasteiger partial charge in [0.1, 0.15) is 5.82 Å². The average Bonchev–Trinajstić information content (AvgIpc) is 2.38. The number of amides is 2. The fourth-order valence-corrected chi connectivity index (χ4v) is 1.71. The van der Waals surface area contributed by atoms with Crippen molar-refractivity contribution in [2.75, 3.05) is 10.6 Å². The number of nitrogens with zero attached hydrogens (tertiary/aromatic N) is 1. The second kappa shape index (κ2) is 5.97. The standard InChI is InChI=1S/C15H15N3O2/c1-10-5-3-8-14(16-10)18-15(20)17-13-7-4-6-12(9-13)11(2)19/h3-9H,1-2H3,(H2,16,17,18,20). The zero-order chi connectivity index (χ0) is 14.5. The van der Waals surface area contributed by atoms with E-state index in [9.17, 15) is 9.59 Å². The highest BCUT2D eigenvalue weighted by atomic mass is 16.2. The van der Waals surface area contributed by atoms with E-state index in [0.29, 0.717) is 17.1 Å². The lowest BCUT2D eigenvalue weighted by atomic mass is 10.1. The van der Waals surface area contributed by atoms with Gasteiger partial charge in [0.05, 0.1) is 0 Å². The number of urea groups is 1. The Hall–Kier alpha value is -2.69. The van der Waals surface area contributed by atoms with E-state index in [1.807, 2.05) is 19.1 Å². The van der Waals surface area contributed by atoms with Crippen molar-refractivity contribution in [3.8, 4) is 0 Å². The van der Waals surface area contributed by atoms with Crippen LogP contribution in [0.25, 0.3) is 0 Å². The number of carbonyl (C=O) groups is 2. The number of hydrogen-bond acceptors (Lipinski definition) is 3. The van der Waals surface area contributed by atoms with Crippen LogP contribution in [0.1, 0.15) is 23.0 Å². The number of Topliss-reactive ketones (excluding diaryl/α,β-unsaturated/α-hetero) is 1. The van der Waals surface area contributed by atoms with Gasteiger partial charge in [0, 0.05) is 16.9 Å². The van der Waals surface area contributed by atoms with Gasteiger partial charge in [0.15, 0.2) is 5.78 Å². The Balaban J connectivity index is 2.04. The quantitative estimate of drug-likeness (QED) is 0.840. The summed E-state index contributed by atoms with van der Waals surface area (Å²) in [6.07, 6.45) is 0. The molecule has 0 atom stereocenters. The molecule has 0 saturated heterocycles. The van der Waals surface area contributed by atoms with Crippen LogP contribution < -0.4 is 10.6 Å². The van der Waals surface area contributed by atoms with Crippen LogP contribution in [0.15, 0.2) is 42.5 Å². The second-order valence-electron chi connectivity index (χ2n) is 4.38. The van der Waals surface area contributed by atoms with E-state index >= 15 is 0 Å². The van der Waals surface area contributed by atoms with E-state index in [2.05, 4.69) is 15.6 Å². The van der Waals surface area contributed by atoms with E-state index in [-0.39, 0.29) is 5.78 Å². The van der Waals surface area contributed by atoms with Crippen LogP contribution in [-0.4, -0.2) is 16.8 Å². The predicted octanol–water partition coefficient (Wildman–Crippen LogP) is 3.24. The molecular weight excluding hydrogens is 254 g/mol. The van der Waals surface area contributed by atoms with Crippen molar-refractivity contribution in [2.45, 2.75) is 13.8 Å². The first kappa shape index (κ1) is 13.7. The summed E-state index contributed by atoms with van der Waals surface area (Å²) in [5, 5.41) is 5.30. The van der Waals surface area contributed by atoms with Crippen LogP contribution in [0.4, 0.5) is 16.3 Å². The Morgan fingerprint density at radius 2 is 1.80 bits per heavy atom. The molecule has 0 fully saturated rings. The highest BCUT2D eigenvalue weighted by molar-refractivity contribution is 6.00. The lowest BCUT2D eigenvalue weighted by molar-refractivity contribution is 0.101. The zero-order valence-electron chi connectivity index (χ0n) is 11.3. The number of carbonyl (C=O) groups excluding carboxylic acids is 2. The maximum atomic E-state index is 11.8. The first-order valence-corrected chi connectivity index (χ1v) is 6.17. The minimum absolute atomic E-state index is 0.0468. The summed E-state index contributed by atoms with van der Waals surface area (Å²) in [4.78, 5) is 27.3. The first-order valence-electron chi connectivity index (χ1n) is 6.17. The SMILES string of the molecule is CC(=O)c1cccc(NC(=O)Nc2cccc(C)n2)c1. The van der Waals surface area contributed by atoms with Crippen LogP contribution in [0.3, 0.4) is 0 Å². The summed E-state index contributed by atoms with van der Waals surface area (Å²) < 4.78 is 0. The molecule has 0 aliphatic carbocycles. The number of benzene rings is 1. The van der Waals surface area contributed by atoms with Crippen molar-refractivity contribution < 1.29 is 9.59 Å². The van der Waals surface area contributed by atoms with Gasteiger partial charge in [-0.1, -0.05) is 18.2 Å². The smallest absolute Gasteiger partial charge is 0.308 e. The molecule has 20 heavy (non-hydrogen) atoms. The molecule has 0 aliphatic heterocycles. The molecule has 2 rings (SSSR count). The largest absolute Gasteiger partial charge is 0.324 e. The normalized spacial score (nSPS) is 9.90. The van der Waals surface area contributed by atoms with E-state index in [0.717, 1.165) is 5.69 Å². The minimum Gasteiger partial charge on any atom is -0.308 e. The number of aryl methyl sites for hydroxylation is 1. The summed E-state index contributed by atoms with van der Waals surface area (Å²) >= 11 is 0. The number of anilines is 2. The van der Waals surface area contributed by atoms with Crippen molar-refractivity contribution in [3.63, 3.8) is 0 Å². The van der Waals surface area contributed by atoms with E-state index in [4.69, 9.17) is 0 Å². The lowest BCUT2D eigenvalue weighted by Gasteiger charge is -2.08.